The summed E-state index contributed by atoms with van der Waals surface area (Å²) in [6.07, 6.45) is -1.98. The molecule has 0 saturated carbocycles. The summed E-state index contributed by atoms with van der Waals surface area (Å²) < 4.78 is 39.3. The van der Waals surface area contributed by atoms with Crippen LogP contribution in [-0.4, -0.2) is 30.0 Å². The molecule has 0 spiro atoms. The summed E-state index contributed by atoms with van der Waals surface area (Å²) >= 11 is 0. The minimum atomic E-state index is -4.50. The monoisotopic (exact) mass is 258 g/mol. The van der Waals surface area contributed by atoms with Crippen LogP contribution in [0.1, 0.15) is 12.0 Å². The molecule has 98 valence electrons. The van der Waals surface area contributed by atoms with E-state index < -0.39 is 17.4 Å². The van der Waals surface area contributed by atoms with Gasteiger partial charge in [-0.25, -0.2) is 0 Å². The van der Waals surface area contributed by atoms with Gasteiger partial charge >= 0.3 is 6.18 Å². The number of aromatic nitrogens is 1. The molecule has 1 N–H and O–H groups in total. The van der Waals surface area contributed by atoms with Crippen molar-refractivity contribution in [3.63, 3.8) is 0 Å². The van der Waals surface area contributed by atoms with E-state index in [-0.39, 0.29) is 25.9 Å². The molecule has 0 radical (unpaired) electrons. The van der Waals surface area contributed by atoms with E-state index in [4.69, 9.17) is 0 Å². The number of carbonyl (C=O) groups excluding carboxylic acids is 1. The summed E-state index contributed by atoms with van der Waals surface area (Å²) in [4.78, 5) is 15.8. The van der Waals surface area contributed by atoms with Crippen molar-refractivity contribution in [2.24, 2.45) is 5.41 Å². The first kappa shape index (κ1) is 13.0. The van der Waals surface area contributed by atoms with Gasteiger partial charge in [0.05, 0.1) is 0 Å². The fourth-order valence-corrected chi connectivity index (χ4v) is 2.19. The molecular formula is C12H13F3N2O. The normalized spacial score (nSPS) is 24.2. The molecule has 1 saturated heterocycles. The molecule has 1 aromatic rings. The van der Waals surface area contributed by atoms with Crippen LogP contribution in [-0.2, 0) is 11.2 Å². The van der Waals surface area contributed by atoms with Gasteiger partial charge in [0.2, 0.25) is 0 Å². The number of alkyl halides is 3. The van der Waals surface area contributed by atoms with E-state index in [0.717, 1.165) is 0 Å². The average molecular weight is 258 g/mol. The molecule has 2 heterocycles. The third kappa shape index (κ3) is 2.25. The van der Waals surface area contributed by atoms with E-state index in [2.05, 4.69) is 10.3 Å². The van der Waals surface area contributed by atoms with Gasteiger partial charge in [-0.3, -0.25) is 9.78 Å². The largest absolute Gasteiger partial charge is 0.402 e. The van der Waals surface area contributed by atoms with Gasteiger partial charge in [0.25, 0.3) is 0 Å². The van der Waals surface area contributed by atoms with Crippen LogP contribution in [0.4, 0.5) is 13.2 Å². The Morgan fingerprint density at radius 2 is 2.28 bits per heavy atom. The van der Waals surface area contributed by atoms with E-state index in [0.29, 0.717) is 5.56 Å². The van der Waals surface area contributed by atoms with E-state index in [1.54, 1.807) is 12.1 Å². The molecule has 1 aromatic heterocycles. The summed E-state index contributed by atoms with van der Waals surface area (Å²) in [5, 5.41) is 2.63. The van der Waals surface area contributed by atoms with Crippen molar-refractivity contribution in [3.05, 3.63) is 30.1 Å². The lowest BCUT2D eigenvalue weighted by Crippen LogP contribution is -2.47. The van der Waals surface area contributed by atoms with E-state index in [1.807, 2.05) is 0 Å². The van der Waals surface area contributed by atoms with Gasteiger partial charge < -0.3 is 5.32 Å². The Morgan fingerprint density at radius 1 is 1.50 bits per heavy atom. The molecule has 1 fully saturated rings. The SMILES string of the molecule is O=C(Cc1cccnc1)C1(C(F)(F)F)CCNC1. The van der Waals surface area contributed by atoms with Crippen molar-refractivity contribution >= 4 is 5.78 Å². The van der Waals surface area contributed by atoms with Crippen LogP contribution >= 0.6 is 0 Å². The Bertz CT molecular complexity index is 425. The highest BCUT2D eigenvalue weighted by molar-refractivity contribution is 5.88. The Balaban J connectivity index is 2.20. The molecule has 1 atom stereocenters. The summed E-state index contributed by atoms with van der Waals surface area (Å²) in [7, 11) is 0. The molecule has 6 heteroatoms. The number of Topliss-reactive ketones (excluding diaryl/α,β-unsaturated/α-hetero) is 1. The van der Waals surface area contributed by atoms with E-state index in [9.17, 15) is 18.0 Å². The van der Waals surface area contributed by atoms with Crippen LogP contribution in [0.25, 0.3) is 0 Å². The molecule has 0 aliphatic carbocycles. The molecule has 0 amide bonds. The van der Waals surface area contributed by atoms with Gasteiger partial charge in [-0.1, -0.05) is 6.07 Å². The Morgan fingerprint density at radius 3 is 2.78 bits per heavy atom. The first-order valence-electron chi connectivity index (χ1n) is 5.65. The van der Waals surface area contributed by atoms with Gasteiger partial charge in [0.15, 0.2) is 5.78 Å². The minimum absolute atomic E-state index is 0.185. The molecular weight excluding hydrogens is 245 g/mol. The van der Waals surface area contributed by atoms with Crippen molar-refractivity contribution in [1.29, 1.82) is 0 Å². The summed E-state index contributed by atoms with van der Waals surface area (Å²) in [6.45, 7) is -0.103. The van der Waals surface area contributed by atoms with Crippen LogP contribution in [0.5, 0.6) is 0 Å². The summed E-state index contributed by atoms with van der Waals surface area (Å²) in [5.41, 5.74) is -1.72. The number of nitrogens with one attached hydrogen (secondary N) is 1. The topological polar surface area (TPSA) is 42.0 Å². The van der Waals surface area contributed by atoms with Crippen LogP contribution in [0.2, 0.25) is 0 Å². The maximum Gasteiger partial charge on any atom is 0.402 e. The quantitative estimate of drug-likeness (QED) is 0.897. The first-order chi connectivity index (χ1) is 8.46. The second-order valence-corrected chi connectivity index (χ2v) is 4.47. The number of carbonyl (C=O) groups is 1. The lowest BCUT2D eigenvalue weighted by atomic mass is 9.79. The van der Waals surface area contributed by atoms with Crippen molar-refractivity contribution in [2.45, 2.75) is 19.0 Å². The van der Waals surface area contributed by atoms with Gasteiger partial charge in [0.1, 0.15) is 5.41 Å². The number of hydrogen-bond acceptors (Lipinski definition) is 3. The zero-order valence-corrected chi connectivity index (χ0v) is 9.63. The lowest BCUT2D eigenvalue weighted by molar-refractivity contribution is -0.214. The second-order valence-electron chi connectivity index (χ2n) is 4.47. The number of rotatable bonds is 3. The average Bonchev–Trinajstić information content (AvgIpc) is 2.80. The van der Waals surface area contributed by atoms with Gasteiger partial charge in [-0.05, 0) is 24.6 Å². The molecule has 3 nitrogen and oxygen atoms in total. The summed E-state index contributed by atoms with van der Waals surface area (Å²) in [5.74, 6) is -0.784. The van der Waals surface area contributed by atoms with Crippen molar-refractivity contribution in [1.82, 2.24) is 10.3 Å². The van der Waals surface area contributed by atoms with Gasteiger partial charge in [-0.2, -0.15) is 13.2 Å². The molecule has 1 aliphatic rings. The van der Waals surface area contributed by atoms with Crippen molar-refractivity contribution < 1.29 is 18.0 Å². The zero-order valence-electron chi connectivity index (χ0n) is 9.63. The predicted octanol–water partition coefficient (Wildman–Crippen LogP) is 1.74. The molecule has 18 heavy (non-hydrogen) atoms. The standard InChI is InChI=1S/C12H13F3N2O/c13-12(14,15)11(3-5-17-8-11)10(18)6-9-2-1-4-16-7-9/h1-2,4,7,17H,3,5-6,8H2. The number of halogens is 3. The Kier molecular flexibility index (Phi) is 3.38. The third-order valence-electron chi connectivity index (χ3n) is 3.32. The minimum Gasteiger partial charge on any atom is -0.315 e. The fourth-order valence-electron chi connectivity index (χ4n) is 2.19. The fraction of sp³-hybridized carbons (Fsp3) is 0.500. The highest BCUT2D eigenvalue weighted by Gasteiger charge is 2.60. The third-order valence-corrected chi connectivity index (χ3v) is 3.32. The van der Waals surface area contributed by atoms with Crippen LogP contribution in [0.3, 0.4) is 0 Å². The summed E-state index contributed by atoms with van der Waals surface area (Å²) in [6, 6.07) is 3.22. The van der Waals surface area contributed by atoms with Crippen molar-refractivity contribution in [3.8, 4) is 0 Å². The zero-order chi connectivity index (χ0) is 13.2. The maximum absolute atomic E-state index is 13.1. The van der Waals surface area contributed by atoms with E-state index in [1.165, 1.54) is 12.4 Å². The first-order valence-corrected chi connectivity index (χ1v) is 5.65. The highest BCUT2D eigenvalue weighted by Crippen LogP contribution is 2.44. The van der Waals surface area contributed by atoms with Crippen LogP contribution in [0.15, 0.2) is 24.5 Å². The number of pyridine rings is 1. The van der Waals surface area contributed by atoms with Gasteiger partial charge in [-0.15, -0.1) is 0 Å². The molecule has 1 aliphatic heterocycles. The van der Waals surface area contributed by atoms with Gasteiger partial charge in [0, 0.05) is 25.4 Å². The lowest BCUT2D eigenvalue weighted by Gasteiger charge is -2.29. The number of hydrogen-bond donors (Lipinski definition) is 1. The Labute approximate surface area is 102 Å². The molecule has 1 unspecified atom stereocenters. The van der Waals surface area contributed by atoms with Crippen LogP contribution < -0.4 is 5.32 Å². The number of nitrogens with zero attached hydrogens (tertiary/aromatic N) is 1. The number of ketones is 1. The Hall–Kier alpha value is -1.43. The highest BCUT2D eigenvalue weighted by atomic mass is 19.4. The molecule has 0 bridgehead atoms. The smallest absolute Gasteiger partial charge is 0.315 e. The van der Waals surface area contributed by atoms with Crippen LogP contribution in [0, 0.1) is 5.41 Å². The predicted molar refractivity (Wildman–Crippen MR) is 58.9 cm³/mol. The molecule has 0 aromatic carbocycles. The van der Waals surface area contributed by atoms with Crippen molar-refractivity contribution in [2.75, 3.05) is 13.1 Å². The second kappa shape index (κ2) is 4.68. The maximum atomic E-state index is 13.1. The molecule has 2 rings (SSSR count). The van der Waals surface area contributed by atoms with E-state index >= 15 is 0 Å².